The summed E-state index contributed by atoms with van der Waals surface area (Å²) in [6, 6.07) is 25.9. The van der Waals surface area contributed by atoms with Gasteiger partial charge in [0.05, 0.1) is 0 Å². The number of rotatable bonds is 6. The third-order valence-corrected chi connectivity index (χ3v) is 6.26. The number of likely N-dealkylation sites (N-methyl/N-ethyl adjacent to an activating group) is 1. The first-order valence-corrected chi connectivity index (χ1v) is 11.4. The fraction of sp³-hybridized carbons (Fsp3) is 0.179. The Balaban J connectivity index is 1.26. The van der Waals surface area contributed by atoms with Crippen molar-refractivity contribution in [1.29, 1.82) is 0 Å². The van der Waals surface area contributed by atoms with Crippen LogP contribution in [0.3, 0.4) is 0 Å². The average Bonchev–Trinajstić information content (AvgIpc) is 3.55. The lowest BCUT2D eigenvalue weighted by atomic mass is 10.0. The molecule has 4 aromatic rings. The molecular formula is C28H26FN3O2. The van der Waals surface area contributed by atoms with Gasteiger partial charge in [0, 0.05) is 41.6 Å². The van der Waals surface area contributed by atoms with Crippen LogP contribution < -0.4 is 15.5 Å². The Bertz CT molecular complexity index is 1280. The Morgan fingerprint density at radius 2 is 1.76 bits per heavy atom. The van der Waals surface area contributed by atoms with Crippen LogP contribution in [0.1, 0.15) is 17.0 Å². The second kappa shape index (κ2) is 9.53. The molecule has 172 valence electrons. The molecule has 0 radical (unpaired) electrons. The summed E-state index contributed by atoms with van der Waals surface area (Å²) in [7, 11) is 1.99. The van der Waals surface area contributed by atoms with Gasteiger partial charge >= 0.3 is 0 Å². The Labute approximate surface area is 198 Å². The predicted octanol–water partition coefficient (Wildman–Crippen LogP) is 5.80. The van der Waals surface area contributed by atoms with Gasteiger partial charge in [-0.3, -0.25) is 4.79 Å². The smallest absolute Gasteiger partial charge is 0.291 e. The molecule has 1 aliphatic rings. The van der Waals surface area contributed by atoms with Crippen LogP contribution in [0.5, 0.6) is 0 Å². The van der Waals surface area contributed by atoms with E-state index in [4.69, 9.17) is 4.42 Å². The molecule has 6 heteroatoms. The first kappa shape index (κ1) is 21.9. The molecule has 1 saturated heterocycles. The molecule has 34 heavy (non-hydrogen) atoms. The standard InChI is InChI=1S/C28H26FN3O2/c1-30-22-15-16-32(18-22)23-10-8-21(9-11-23)31-28(33)27-14-13-26(34-27)20-7-12-24(25(29)17-20)19-5-3-2-4-6-19/h2-14,17,22,30H,15-16,18H2,1H3,(H,31,33). The molecule has 1 fully saturated rings. The van der Waals surface area contributed by atoms with E-state index in [0.29, 0.717) is 28.6 Å². The topological polar surface area (TPSA) is 57.5 Å². The van der Waals surface area contributed by atoms with Crippen LogP contribution in [0.4, 0.5) is 15.8 Å². The molecule has 5 rings (SSSR count). The minimum atomic E-state index is -0.350. The Morgan fingerprint density at radius 1 is 0.971 bits per heavy atom. The summed E-state index contributed by atoms with van der Waals surface area (Å²) < 4.78 is 20.5. The summed E-state index contributed by atoms with van der Waals surface area (Å²) in [5.41, 5.74) is 3.73. The van der Waals surface area contributed by atoms with Gasteiger partial charge in [-0.1, -0.05) is 42.5 Å². The van der Waals surface area contributed by atoms with Crippen molar-refractivity contribution in [2.45, 2.75) is 12.5 Å². The quantitative estimate of drug-likeness (QED) is 0.386. The lowest BCUT2D eigenvalue weighted by Gasteiger charge is -2.19. The van der Waals surface area contributed by atoms with Crippen LogP contribution in [0.2, 0.25) is 0 Å². The number of furan rings is 1. The van der Waals surface area contributed by atoms with Crippen molar-refractivity contribution in [3.05, 3.63) is 96.5 Å². The van der Waals surface area contributed by atoms with Gasteiger partial charge in [-0.2, -0.15) is 0 Å². The minimum Gasteiger partial charge on any atom is -0.451 e. The van der Waals surface area contributed by atoms with Crippen LogP contribution in [0, 0.1) is 5.82 Å². The largest absolute Gasteiger partial charge is 0.451 e. The summed E-state index contributed by atoms with van der Waals surface area (Å²) >= 11 is 0. The van der Waals surface area contributed by atoms with E-state index in [2.05, 4.69) is 15.5 Å². The van der Waals surface area contributed by atoms with E-state index < -0.39 is 0 Å². The van der Waals surface area contributed by atoms with Gasteiger partial charge in [0.1, 0.15) is 11.6 Å². The highest BCUT2D eigenvalue weighted by Crippen LogP contribution is 2.29. The third-order valence-electron chi connectivity index (χ3n) is 6.26. The number of hydrogen-bond donors (Lipinski definition) is 2. The van der Waals surface area contributed by atoms with Crippen LogP contribution in [0.25, 0.3) is 22.5 Å². The van der Waals surface area contributed by atoms with E-state index in [1.54, 1.807) is 24.3 Å². The van der Waals surface area contributed by atoms with Gasteiger partial charge in [0.2, 0.25) is 0 Å². The number of carbonyl (C=O) groups excluding carboxylic acids is 1. The van der Waals surface area contributed by atoms with Crippen LogP contribution >= 0.6 is 0 Å². The van der Waals surface area contributed by atoms with E-state index in [1.165, 1.54) is 6.07 Å². The first-order chi connectivity index (χ1) is 16.6. The number of hydrogen-bond acceptors (Lipinski definition) is 4. The Kier molecular flexibility index (Phi) is 6.14. The number of nitrogens with one attached hydrogen (secondary N) is 2. The predicted molar refractivity (Wildman–Crippen MR) is 134 cm³/mol. The zero-order valence-electron chi connectivity index (χ0n) is 18.9. The second-order valence-electron chi connectivity index (χ2n) is 8.45. The Morgan fingerprint density at radius 3 is 2.47 bits per heavy atom. The van der Waals surface area contributed by atoms with Gasteiger partial charge in [0.15, 0.2) is 5.76 Å². The maximum atomic E-state index is 14.7. The fourth-order valence-corrected chi connectivity index (χ4v) is 4.31. The zero-order valence-corrected chi connectivity index (χ0v) is 18.9. The summed E-state index contributed by atoms with van der Waals surface area (Å²) in [5.74, 6) is -0.0859. The molecule has 2 heterocycles. The van der Waals surface area contributed by atoms with E-state index in [-0.39, 0.29) is 17.5 Å². The number of carbonyl (C=O) groups is 1. The van der Waals surface area contributed by atoms with Crippen molar-refractivity contribution in [2.75, 3.05) is 30.4 Å². The molecule has 2 N–H and O–H groups in total. The second-order valence-corrected chi connectivity index (χ2v) is 8.45. The molecule has 3 aromatic carbocycles. The summed E-state index contributed by atoms with van der Waals surface area (Å²) in [5, 5.41) is 6.18. The molecular weight excluding hydrogens is 429 g/mol. The number of benzene rings is 3. The molecule has 0 bridgehead atoms. The van der Waals surface area contributed by atoms with Gasteiger partial charge in [-0.05, 0) is 61.5 Å². The van der Waals surface area contributed by atoms with Crippen molar-refractivity contribution < 1.29 is 13.6 Å². The van der Waals surface area contributed by atoms with Crippen LogP contribution in [0.15, 0.2) is 89.3 Å². The maximum absolute atomic E-state index is 14.7. The van der Waals surface area contributed by atoms with Crippen molar-refractivity contribution in [2.24, 2.45) is 0 Å². The number of amides is 1. The van der Waals surface area contributed by atoms with Crippen LogP contribution in [-0.4, -0.2) is 32.1 Å². The summed E-state index contributed by atoms with van der Waals surface area (Å²) in [4.78, 5) is 15.0. The molecule has 0 spiro atoms. The molecule has 5 nitrogen and oxygen atoms in total. The molecule has 1 amide bonds. The van der Waals surface area contributed by atoms with Crippen LogP contribution in [-0.2, 0) is 0 Å². The molecule has 1 unspecified atom stereocenters. The molecule has 1 aromatic heterocycles. The maximum Gasteiger partial charge on any atom is 0.291 e. The number of anilines is 2. The molecule has 1 aliphatic heterocycles. The van der Waals surface area contributed by atoms with E-state index >= 15 is 0 Å². The third kappa shape index (κ3) is 4.58. The van der Waals surface area contributed by atoms with Gasteiger partial charge in [-0.15, -0.1) is 0 Å². The summed E-state index contributed by atoms with van der Waals surface area (Å²) in [6.07, 6.45) is 1.12. The highest BCUT2D eigenvalue weighted by atomic mass is 19.1. The fourth-order valence-electron chi connectivity index (χ4n) is 4.31. The monoisotopic (exact) mass is 455 g/mol. The number of halogens is 1. The lowest BCUT2D eigenvalue weighted by molar-refractivity contribution is 0.0997. The van der Waals surface area contributed by atoms with Crippen molar-refractivity contribution in [1.82, 2.24) is 5.32 Å². The van der Waals surface area contributed by atoms with E-state index in [0.717, 1.165) is 30.8 Å². The molecule has 0 saturated carbocycles. The highest BCUT2D eigenvalue weighted by molar-refractivity contribution is 6.02. The van der Waals surface area contributed by atoms with Gasteiger partial charge < -0.3 is 20.0 Å². The first-order valence-electron chi connectivity index (χ1n) is 11.4. The Hall–Kier alpha value is -3.90. The zero-order chi connectivity index (χ0) is 23.5. The molecule has 1 atom stereocenters. The van der Waals surface area contributed by atoms with Gasteiger partial charge in [0.25, 0.3) is 5.91 Å². The highest BCUT2D eigenvalue weighted by Gasteiger charge is 2.21. The van der Waals surface area contributed by atoms with E-state index in [9.17, 15) is 9.18 Å². The lowest BCUT2D eigenvalue weighted by Crippen LogP contribution is -2.29. The van der Waals surface area contributed by atoms with E-state index in [1.807, 2.05) is 61.6 Å². The molecule has 0 aliphatic carbocycles. The minimum absolute atomic E-state index is 0.169. The van der Waals surface area contributed by atoms with Crippen molar-refractivity contribution in [3.63, 3.8) is 0 Å². The SMILES string of the molecule is CNC1CCN(c2ccc(NC(=O)c3ccc(-c4ccc(-c5ccccc5)c(F)c4)o3)cc2)C1. The van der Waals surface area contributed by atoms with Crippen molar-refractivity contribution >= 4 is 17.3 Å². The normalized spacial score (nSPS) is 15.5. The summed E-state index contributed by atoms with van der Waals surface area (Å²) in [6.45, 7) is 1.99. The van der Waals surface area contributed by atoms with Gasteiger partial charge in [-0.25, -0.2) is 4.39 Å². The van der Waals surface area contributed by atoms with Crippen molar-refractivity contribution in [3.8, 4) is 22.5 Å². The number of nitrogens with zero attached hydrogens (tertiary/aromatic N) is 1. The average molecular weight is 456 g/mol.